The number of hydrogen-bond acceptors (Lipinski definition) is 8. The van der Waals surface area contributed by atoms with E-state index in [1.54, 1.807) is 48.0 Å². The van der Waals surface area contributed by atoms with Gasteiger partial charge in [0, 0.05) is 38.3 Å². The van der Waals surface area contributed by atoms with Gasteiger partial charge in [-0.3, -0.25) is 14.3 Å². The van der Waals surface area contributed by atoms with E-state index in [1.165, 1.54) is 25.3 Å². The Balaban J connectivity index is 1.63. The smallest absolute Gasteiger partial charge is 0.261 e. The van der Waals surface area contributed by atoms with Crippen LogP contribution in [0, 0.1) is 5.92 Å². The van der Waals surface area contributed by atoms with Gasteiger partial charge in [0.2, 0.25) is 5.91 Å². The predicted molar refractivity (Wildman–Crippen MR) is 188 cm³/mol. The van der Waals surface area contributed by atoms with Crippen LogP contribution in [-0.2, 0) is 26.0 Å². The van der Waals surface area contributed by atoms with Crippen molar-refractivity contribution in [1.29, 1.82) is 0 Å². The summed E-state index contributed by atoms with van der Waals surface area (Å²) in [4.78, 5) is 30.8. The number of hydrogen-bond donors (Lipinski definition) is 2. The largest absolute Gasteiger partial charge is 0.497 e. The van der Waals surface area contributed by atoms with Crippen molar-refractivity contribution in [3.63, 3.8) is 0 Å². The maximum atomic E-state index is 14.4. The Bertz CT molecular complexity index is 1640. The number of carbonyl (C=O) groups excluding carboxylic acids is 2. The van der Waals surface area contributed by atoms with E-state index in [0.29, 0.717) is 31.1 Å². The molecule has 0 saturated carbocycles. The fourth-order valence-electron chi connectivity index (χ4n) is 5.69. The van der Waals surface area contributed by atoms with E-state index in [0.717, 1.165) is 18.4 Å². The minimum atomic E-state index is -3.99. The predicted octanol–water partition coefficient (Wildman–Crippen LogP) is 4.99. The van der Waals surface area contributed by atoms with Crippen LogP contribution in [0.3, 0.4) is 0 Å². The molecular formula is C37H49N3O8S. The summed E-state index contributed by atoms with van der Waals surface area (Å²) in [6.45, 7) is 6.37. The third kappa shape index (κ3) is 10.4. The van der Waals surface area contributed by atoms with Crippen LogP contribution in [0.1, 0.15) is 56.0 Å². The lowest BCUT2D eigenvalue weighted by Crippen LogP contribution is -2.48. The zero-order chi connectivity index (χ0) is 35.6. The Hall–Kier alpha value is -4.13. The van der Waals surface area contributed by atoms with Crippen LogP contribution in [0.25, 0.3) is 0 Å². The molecule has 3 aromatic carbocycles. The van der Waals surface area contributed by atoms with E-state index < -0.39 is 22.0 Å². The fraction of sp³-hybridized carbons (Fsp3) is 0.459. The van der Waals surface area contributed by atoms with Crippen LogP contribution in [-0.4, -0.2) is 93.8 Å². The molecule has 0 radical (unpaired) electrons. The highest BCUT2D eigenvalue weighted by molar-refractivity contribution is 7.92. The van der Waals surface area contributed by atoms with E-state index >= 15 is 0 Å². The second-order valence-electron chi connectivity index (χ2n) is 12.7. The monoisotopic (exact) mass is 695 g/mol. The Kier molecular flexibility index (Phi) is 13.5. The topological polar surface area (TPSA) is 135 Å². The number of amides is 2. The van der Waals surface area contributed by atoms with Crippen molar-refractivity contribution in [3.05, 3.63) is 83.9 Å². The van der Waals surface area contributed by atoms with Crippen molar-refractivity contribution in [3.8, 4) is 11.5 Å². The summed E-state index contributed by atoms with van der Waals surface area (Å²) in [7, 11) is -0.733. The van der Waals surface area contributed by atoms with Gasteiger partial charge < -0.3 is 29.1 Å². The fourth-order valence-corrected chi connectivity index (χ4v) is 6.74. The molecule has 1 aliphatic rings. The number of sulfonamides is 1. The lowest BCUT2D eigenvalue weighted by Gasteiger charge is -2.36. The molecule has 2 amide bonds. The first-order valence-electron chi connectivity index (χ1n) is 16.7. The third-order valence-corrected chi connectivity index (χ3v) is 10.1. The minimum Gasteiger partial charge on any atom is -0.497 e. The number of fused-ring (bicyclic) bond motifs is 1. The van der Waals surface area contributed by atoms with Crippen LogP contribution in [0.15, 0.2) is 77.7 Å². The highest BCUT2D eigenvalue weighted by Crippen LogP contribution is 2.30. The Morgan fingerprint density at radius 1 is 1.08 bits per heavy atom. The van der Waals surface area contributed by atoms with E-state index in [-0.39, 0.29) is 59.8 Å². The third-order valence-electron chi connectivity index (χ3n) is 8.75. The molecule has 1 aliphatic heterocycles. The molecule has 0 unspecified atom stereocenters. The molecule has 49 heavy (non-hydrogen) atoms. The molecule has 0 saturated heterocycles. The molecule has 4 atom stereocenters. The highest BCUT2D eigenvalue weighted by Gasteiger charge is 2.31. The number of likely N-dealkylation sites (N-methyl/N-ethyl adjacent to an activating group) is 1. The maximum Gasteiger partial charge on any atom is 0.261 e. The average Bonchev–Trinajstić information content (AvgIpc) is 3.09. The normalized spacial score (nSPS) is 19.9. The number of carbonyl (C=O) groups is 2. The van der Waals surface area contributed by atoms with Gasteiger partial charge in [0.1, 0.15) is 11.5 Å². The van der Waals surface area contributed by atoms with Crippen LogP contribution >= 0.6 is 0 Å². The van der Waals surface area contributed by atoms with Gasteiger partial charge in [0.25, 0.3) is 15.9 Å². The Morgan fingerprint density at radius 2 is 1.80 bits per heavy atom. The van der Waals surface area contributed by atoms with Crippen molar-refractivity contribution in [2.24, 2.45) is 5.92 Å². The number of ether oxygens (including phenoxy) is 3. The van der Waals surface area contributed by atoms with E-state index in [2.05, 4.69) is 4.72 Å². The Labute approximate surface area is 290 Å². The summed E-state index contributed by atoms with van der Waals surface area (Å²) in [5, 5.41) is 10.2. The molecule has 0 spiro atoms. The van der Waals surface area contributed by atoms with Crippen LogP contribution in [0.5, 0.6) is 11.5 Å². The molecule has 11 nitrogen and oxygen atoms in total. The molecule has 0 aliphatic carbocycles. The number of aliphatic hydroxyl groups is 1. The maximum absolute atomic E-state index is 14.4. The van der Waals surface area contributed by atoms with Gasteiger partial charge in [-0.1, -0.05) is 37.3 Å². The lowest BCUT2D eigenvalue weighted by atomic mass is 10.0. The van der Waals surface area contributed by atoms with Gasteiger partial charge in [0.05, 0.1) is 48.8 Å². The second kappa shape index (κ2) is 17.5. The van der Waals surface area contributed by atoms with Crippen LogP contribution in [0.4, 0.5) is 5.69 Å². The van der Waals surface area contributed by atoms with E-state index in [1.807, 2.05) is 44.2 Å². The van der Waals surface area contributed by atoms with Crippen LogP contribution < -0.4 is 14.2 Å². The van der Waals surface area contributed by atoms with Gasteiger partial charge >= 0.3 is 0 Å². The van der Waals surface area contributed by atoms with Gasteiger partial charge in [-0.05, 0) is 81.1 Å². The van der Waals surface area contributed by atoms with Crippen LogP contribution in [0.2, 0.25) is 0 Å². The molecule has 1 heterocycles. The van der Waals surface area contributed by atoms with E-state index in [4.69, 9.17) is 14.2 Å². The van der Waals surface area contributed by atoms with Crippen molar-refractivity contribution < 1.29 is 37.3 Å². The van der Waals surface area contributed by atoms with Crippen molar-refractivity contribution in [1.82, 2.24) is 9.80 Å². The summed E-state index contributed by atoms with van der Waals surface area (Å²) in [5.74, 6) is 0.150. The number of methoxy groups -OCH3 is 1. The summed E-state index contributed by atoms with van der Waals surface area (Å²) < 4.78 is 46.9. The second-order valence-corrected chi connectivity index (χ2v) is 14.4. The van der Waals surface area contributed by atoms with E-state index in [9.17, 15) is 23.1 Å². The number of nitrogens with zero attached hydrogens (tertiary/aromatic N) is 2. The molecule has 0 fully saturated rings. The molecule has 266 valence electrons. The first kappa shape index (κ1) is 37.7. The zero-order valence-electron chi connectivity index (χ0n) is 29.0. The van der Waals surface area contributed by atoms with Gasteiger partial charge in [-0.2, -0.15) is 0 Å². The molecule has 2 N–H and O–H groups in total. The number of anilines is 1. The van der Waals surface area contributed by atoms with Crippen molar-refractivity contribution >= 4 is 27.5 Å². The van der Waals surface area contributed by atoms with Gasteiger partial charge in [0.15, 0.2) is 0 Å². The average molecular weight is 696 g/mol. The molecule has 0 aromatic heterocycles. The summed E-state index contributed by atoms with van der Waals surface area (Å²) in [6.07, 6.45) is 1.95. The minimum absolute atomic E-state index is 0.0344. The molecule has 0 bridgehead atoms. The Morgan fingerprint density at radius 3 is 2.47 bits per heavy atom. The first-order valence-corrected chi connectivity index (χ1v) is 18.2. The SMILES string of the molecule is COc1ccc(S(=O)(=O)Nc2ccc3c(c2)C(=O)N([C@@H](C)CO)C[C@@H](C)[C@@H](CN(C)C(=O)Cc2ccccc2)OCCCC[C@H](C)O3)cc1. The number of rotatable bonds is 10. The van der Waals surface area contributed by atoms with Gasteiger partial charge in [-0.25, -0.2) is 8.42 Å². The van der Waals surface area contributed by atoms with Gasteiger partial charge in [-0.15, -0.1) is 0 Å². The summed E-state index contributed by atoms with van der Waals surface area (Å²) in [5.41, 5.74) is 1.28. The zero-order valence-corrected chi connectivity index (χ0v) is 29.8. The molecular weight excluding hydrogens is 646 g/mol. The molecule has 3 aromatic rings. The number of benzene rings is 3. The highest BCUT2D eigenvalue weighted by atomic mass is 32.2. The summed E-state index contributed by atoms with van der Waals surface area (Å²) >= 11 is 0. The molecule has 12 heteroatoms. The number of aliphatic hydroxyl groups excluding tert-OH is 1. The standard InChI is InChI=1S/C37H49N3O8S/c1-26-23-40(27(2)25-41)37(43)33-22-30(38-49(44,45)32-17-15-31(46-5)16-18-32)14-19-34(33)48-28(3)11-9-10-20-47-35(26)24-39(4)36(42)21-29-12-7-6-8-13-29/h6-8,12-19,22,26-28,35,38,41H,9-11,20-21,23-25H2,1-5H3/t26-,27+,28+,35-/m1/s1. The quantitative estimate of drug-likeness (QED) is 0.303. The lowest BCUT2D eigenvalue weighted by molar-refractivity contribution is -0.131. The molecule has 4 rings (SSSR count). The number of nitrogens with one attached hydrogen (secondary N) is 1. The van der Waals surface area contributed by atoms with Crippen molar-refractivity contribution in [2.45, 2.75) is 69.6 Å². The summed E-state index contributed by atoms with van der Waals surface area (Å²) in [6, 6.07) is 19.6. The van der Waals surface area contributed by atoms with Crippen molar-refractivity contribution in [2.75, 3.05) is 45.2 Å². The first-order chi connectivity index (χ1) is 23.4.